The molecule has 1 aliphatic carbocycles. The van der Waals surface area contributed by atoms with Crippen molar-refractivity contribution in [3.8, 4) is 5.82 Å². The van der Waals surface area contributed by atoms with Crippen molar-refractivity contribution in [1.29, 1.82) is 0 Å². The summed E-state index contributed by atoms with van der Waals surface area (Å²) in [7, 11) is 1.67. The number of carbonyl (C=O) groups excluding carboxylic acids is 1. The third-order valence-corrected chi connectivity index (χ3v) is 7.88. The van der Waals surface area contributed by atoms with E-state index in [-0.39, 0.29) is 17.6 Å². The Morgan fingerprint density at radius 3 is 2.54 bits per heavy atom. The smallest absolute Gasteiger partial charge is 0.165 e. The minimum Gasteiger partial charge on any atom is -0.370 e. The minimum atomic E-state index is -0.760. The van der Waals surface area contributed by atoms with Gasteiger partial charge < -0.3 is 4.74 Å². The van der Waals surface area contributed by atoms with Crippen LogP contribution >= 0.6 is 0 Å². The summed E-state index contributed by atoms with van der Waals surface area (Å²) >= 11 is 0. The molecular weight excluding hydrogens is 490 g/mol. The van der Waals surface area contributed by atoms with Crippen molar-refractivity contribution in [3.05, 3.63) is 82.6 Å². The van der Waals surface area contributed by atoms with Crippen LogP contribution in [0.1, 0.15) is 90.6 Å². The molecule has 1 atom stereocenters. The molecule has 39 heavy (non-hydrogen) atoms. The summed E-state index contributed by atoms with van der Waals surface area (Å²) in [5.74, 6) is 2.03. The van der Waals surface area contributed by atoms with Gasteiger partial charge in [-0.25, -0.2) is 19.6 Å². The molecule has 9 nitrogen and oxygen atoms in total. The zero-order valence-corrected chi connectivity index (χ0v) is 23.4. The predicted octanol–water partition coefficient (Wildman–Crippen LogP) is 5.10. The fourth-order valence-corrected chi connectivity index (χ4v) is 5.57. The lowest BCUT2D eigenvalue weighted by Gasteiger charge is -2.38. The van der Waals surface area contributed by atoms with Crippen molar-refractivity contribution >= 4 is 5.78 Å². The molecule has 9 heteroatoms. The number of aromatic nitrogens is 7. The average Bonchev–Trinajstić information content (AvgIpc) is 3.55. The van der Waals surface area contributed by atoms with E-state index in [1.807, 2.05) is 63.6 Å². The Bertz CT molecular complexity index is 1430. The Kier molecular flexibility index (Phi) is 7.70. The fraction of sp³-hybridized carbons (Fsp3) is 0.467. The van der Waals surface area contributed by atoms with Gasteiger partial charge in [-0.15, -0.1) is 0 Å². The van der Waals surface area contributed by atoms with Crippen LogP contribution in [-0.2, 0) is 16.0 Å². The van der Waals surface area contributed by atoms with E-state index in [0.29, 0.717) is 25.7 Å². The molecule has 1 aliphatic rings. The van der Waals surface area contributed by atoms with Gasteiger partial charge in [-0.3, -0.25) is 9.89 Å². The minimum absolute atomic E-state index is 0.0384. The number of methoxy groups -OCH3 is 1. The number of aryl methyl sites for hydroxylation is 3. The Labute approximate surface area is 229 Å². The number of hydrogen-bond acceptors (Lipinski definition) is 7. The zero-order valence-electron chi connectivity index (χ0n) is 23.4. The van der Waals surface area contributed by atoms with E-state index in [1.165, 1.54) is 0 Å². The molecule has 0 saturated heterocycles. The van der Waals surface area contributed by atoms with Crippen molar-refractivity contribution in [3.63, 3.8) is 0 Å². The van der Waals surface area contributed by atoms with Crippen LogP contribution in [-0.4, -0.2) is 53.4 Å². The summed E-state index contributed by atoms with van der Waals surface area (Å²) < 4.78 is 7.70. The lowest BCUT2D eigenvalue weighted by molar-refractivity contribution is -0.146. The van der Waals surface area contributed by atoms with Gasteiger partial charge >= 0.3 is 0 Å². The van der Waals surface area contributed by atoms with Crippen molar-refractivity contribution in [2.45, 2.75) is 83.7 Å². The van der Waals surface area contributed by atoms with Gasteiger partial charge in [0, 0.05) is 49.7 Å². The van der Waals surface area contributed by atoms with Crippen LogP contribution < -0.4 is 0 Å². The highest BCUT2D eigenvalue weighted by molar-refractivity contribution is 5.88. The first-order valence-electron chi connectivity index (χ1n) is 13.7. The number of carbonyl (C=O) groups is 1. The SMILES string of the molecule is COC1(C(=O)C[C@@H](C)c2ccc(-n3cc(C)cn3)nc2)CCC(c2nc(C)cc(Cc3cc(C)[nH]n3)n2)CC1. The van der Waals surface area contributed by atoms with E-state index in [2.05, 4.69) is 27.2 Å². The van der Waals surface area contributed by atoms with Gasteiger partial charge in [-0.1, -0.05) is 13.0 Å². The van der Waals surface area contributed by atoms with E-state index >= 15 is 0 Å². The number of aromatic amines is 1. The molecule has 1 saturated carbocycles. The maximum atomic E-state index is 13.6. The first kappa shape index (κ1) is 26.9. The normalized spacial score (nSPS) is 20.2. The molecule has 0 spiro atoms. The third-order valence-electron chi connectivity index (χ3n) is 7.88. The second-order valence-electron chi connectivity index (χ2n) is 11.0. The first-order valence-corrected chi connectivity index (χ1v) is 13.7. The molecule has 4 heterocycles. The first-order chi connectivity index (χ1) is 18.7. The van der Waals surface area contributed by atoms with Crippen LogP contribution in [0.15, 0.2) is 42.9 Å². The van der Waals surface area contributed by atoms with Crippen LogP contribution in [0, 0.1) is 20.8 Å². The lowest BCUT2D eigenvalue weighted by atomic mass is 9.74. The topological polar surface area (TPSA) is 111 Å². The molecule has 204 valence electrons. The summed E-state index contributed by atoms with van der Waals surface area (Å²) in [6.45, 7) is 8.08. The lowest BCUT2D eigenvalue weighted by Crippen LogP contribution is -2.44. The second-order valence-corrected chi connectivity index (χ2v) is 11.0. The van der Waals surface area contributed by atoms with Gasteiger partial charge in [-0.2, -0.15) is 10.2 Å². The molecule has 0 unspecified atom stereocenters. The van der Waals surface area contributed by atoms with Crippen molar-refractivity contribution in [2.24, 2.45) is 0 Å². The maximum absolute atomic E-state index is 13.6. The molecule has 5 rings (SSSR count). The van der Waals surface area contributed by atoms with E-state index in [9.17, 15) is 4.79 Å². The number of H-pyrrole nitrogens is 1. The van der Waals surface area contributed by atoms with Crippen molar-refractivity contribution in [2.75, 3.05) is 7.11 Å². The molecule has 4 aromatic heterocycles. The van der Waals surface area contributed by atoms with Gasteiger partial charge in [0.25, 0.3) is 0 Å². The van der Waals surface area contributed by atoms with E-state index in [1.54, 1.807) is 11.8 Å². The Morgan fingerprint density at radius 1 is 1.13 bits per heavy atom. The van der Waals surface area contributed by atoms with Gasteiger partial charge in [-0.05, 0) is 81.7 Å². The number of ether oxygens (including phenoxy) is 1. The molecule has 0 amide bonds. The number of rotatable bonds is 9. The molecular formula is C30H37N7O2. The van der Waals surface area contributed by atoms with Crippen LogP contribution in [0.3, 0.4) is 0 Å². The number of hydrogen-bond donors (Lipinski definition) is 1. The number of Topliss-reactive ketones (excluding diaryl/α,β-unsaturated/α-hetero) is 1. The van der Waals surface area contributed by atoms with Gasteiger partial charge in [0.05, 0.1) is 17.6 Å². The maximum Gasteiger partial charge on any atom is 0.165 e. The molecule has 0 radical (unpaired) electrons. The summed E-state index contributed by atoms with van der Waals surface area (Å²) in [4.78, 5) is 27.8. The summed E-state index contributed by atoms with van der Waals surface area (Å²) in [6, 6.07) is 8.05. The highest BCUT2D eigenvalue weighted by atomic mass is 16.5. The third kappa shape index (κ3) is 5.98. The van der Waals surface area contributed by atoms with E-state index in [0.717, 1.165) is 58.4 Å². The molecule has 0 bridgehead atoms. The predicted molar refractivity (Wildman–Crippen MR) is 148 cm³/mol. The van der Waals surface area contributed by atoms with Crippen molar-refractivity contribution < 1.29 is 9.53 Å². The van der Waals surface area contributed by atoms with Gasteiger partial charge in [0.1, 0.15) is 11.4 Å². The van der Waals surface area contributed by atoms with Crippen molar-refractivity contribution in [1.82, 2.24) is 34.9 Å². The van der Waals surface area contributed by atoms with Crippen LogP contribution in [0.25, 0.3) is 5.82 Å². The summed E-state index contributed by atoms with van der Waals surface area (Å²) in [6.07, 6.45) is 9.64. The quantitative estimate of drug-likeness (QED) is 0.322. The monoisotopic (exact) mass is 527 g/mol. The molecule has 1 N–H and O–H groups in total. The fourth-order valence-electron chi connectivity index (χ4n) is 5.57. The Hall–Kier alpha value is -3.72. The summed E-state index contributed by atoms with van der Waals surface area (Å²) in [5, 5.41) is 11.7. The molecule has 0 aromatic carbocycles. The number of ketones is 1. The second kappa shape index (κ2) is 11.2. The van der Waals surface area contributed by atoms with Crippen LogP contribution in [0.2, 0.25) is 0 Å². The number of nitrogens with zero attached hydrogens (tertiary/aromatic N) is 6. The molecule has 4 aromatic rings. The van der Waals surface area contributed by atoms with Gasteiger partial charge in [0.2, 0.25) is 0 Å². The largest absolute Gasteiger partial charge is 0.370 e. The standard InChI is InChI=1S/C30H37N7O2/c1-19-16-32-37(18-19)28-7-6-24(17-31-28)20(2)12-27(38)30(39-5)10-8-23(9-11-30)29-33-21(3)13-25(34-29)15-26-14-22(4)35-36-26/h6-7,13-14,16-18,20,23H,8-12,15H2,1-5H3,(H,35,36)/t20-,23?,30?/m1/s1. The van der Waals surface area contributed by atoms with Crippen LogP contribution in [0.4, 0.5) is 0 Å². The Morgan fingerprint density at radius 2 is 1.92 bits per heavy atom. The molecule has 1 fully saturated rings. The summed E-state index contributed by atoms with van der Waals surface area (Å²) in [5.41, 5.74) is 5.29. The highest BCUT2D eigenvalue weighted by Crippen LogP contribution is 2.41. The molecule has 0 aliphatic heterocycles. The van der Waals surface area contributed by atoms with E-state index in [4.69, 9.17) is 14.7 Å². The van der Waals surface area contributed by atoms with Gasteiger partial charge in [0.15, 0.2) is 11.6 Å². The zero-order chi connectivity index (χ0) is 27.6. The number of pyridine rings is 1. The van der Waals surface area contributed by atoms with E-state index < -0.39 is 5.60 Å². The average molecular weight is 528 g/mol. The number of nitrogens with one attached hydrogen (secondary N) is 1. The van der Waals surface area contributed by atoms with Crippen LogP contribution in [0.5, 0.6) is 0 Å². The highest BCUT2D eigenvalue weighted by Gasteiger charge is 2.43. The Balaban J connectivity index is 1.22.